The Bertz CT molecular complexity index is 764. The standard InChI is InChI=1S/C26H40N2O3S/c1-3-20(2)25(29)27-24(22-13-8-5-9-14-22)26(30)28-17-10-15-23(28)19-32(31)18-16-21-11-6-4-7-12-21/h4,6-7,11-12,20,22-24H,3,5,8-10,13-19H2,1-2H3,(H,27,29)/t20-,23+,24+,32?/m1/s1. The summed E-state index contributed by atoms with van der Waals surface area (Å²) in [7, 11) is -0.966. The molecule has 0 bridgehead atoms. The van der Waals surface area contributed by atoms with Crippen molar-refractivity contribution in [3.05, 3.63) is 35.9 Å². The monoisotopic (exact) mass is 460 g/mol. The Balaban J connectivity index is 1.63. The topological polar surface area (TPSA) is 66.5 Å². The van der Waals surface area contributed by atoms with Crippen LogP contribution in [-0.2, 0) is 26.8 Å². The van der Waals surface area contributed by atoms with Gasteiger partial charge in [-0.3, -0.25) is 13.8 Å². The van der Waals surface area contributed by atoms with E-state index in [1.807, 2.05) is 36.9 Å². The summed E-state index contributed by atoms with van der Waals surface area (Å²) in [4.78, 5) is 28.3. The summed E-state index contributed by atoms with van der Waals surface area (Å²) in [5, 5.41) is 3.13. The van der Waals surface area contributed by atoms with E-state index in [1.165, 1.54) is 12.0 Å². The minimum atomic E-state index is -0.966. The van der Waals surface area contributed by atoms with Crippen molar-refractivity contribution in [3.8, 4) is 0 Å². The smallest absolute Gasteiger partial charge is 0.245 e. The van der Waals surface area contributed by atoms with Crippen LogP contribution in [0.1, 0.15) is 70.8 Å². The number of carbonyl (C=O) groups excluding carboxylic acids is 2. The highest BCUT2D eigenvalue weighted by molar-refractivity contribution is 7.85. The molecule has 1 saturated carbocycles. The Kier molecular flexibility index (Phi) is 9.76. The number of hydrogen-bond acceptors (Lipinski definition) is 3. The molecule has 1 aliphatic heterocycles. The van der Waals surface area contributed by atoms with Gasteiger partial charge >= 0.3 is 0 Å². The zero-order valence-corrected chi connectivity index (χ0v) is 20.6. The van der Waals surface area contributed by atoms with Crippen LogP contribution in [0.25, 0.3) is 0 Å². The molecule has 2 fully saturated rings. The van der Waals surface area contributed by atoms with Crippen LogP contribution in [-0.4, -0.2) is 51.1 Å². The fourth-order valence-corrected chi connectivity index (χ4v) is 6.39. The van der Waals surface area contributed by atoms with Crippen LogP contribution in [0.5, 0.6) is 0 Å². The third-order valence-electron chi connectivity index (χ3n) is 7.24. The normalized spacial score (nSPS) is 22.3. The summed E-state index contributed by atoms with van der Waals surface area (Å²) in [6, 6.07) is 9.73. The van der Waals surface area contributed by atoms with Crippen LogP contribution >= 0.6 is 0 Å². The Morgan fingerprint density at radius 3 is 2.50 bits per heavy atom. The van der Waals surface area contributed by atoms with Gasteiger partial charge in [0.25, 0.3) is 0 Å². The number of rotatable bonds is 10. The Morgan fingerprint density at radius 1 is 1.09 bits per heavy atom. The van der Waals surface area contributed by atoms with E-state index >= 15 is 0 Å². The summed E-state index contributed by atoms with van der Waals surface area (Å²) in [5.74, 6) is 1.33. The van der Waals surface area contributed by atoms with Gasteiger partial charge in [-0.05, 0) is 50.0 Å². The molecule has 1 aliphatic carbocycles. The first kappa shape index (κ1) is 24.9. The molecule has 1 heterocycles. The van der Waals surface area contributed by atoms with Gasteiger partial charge in [-0.15, -0.1) is 0 Å². The molecule has 3 rings (SSSR count). The molecule has 32 heavy (non-hydrogen) atoms. The molecule has 1 aromatic carbocycles. The van der Waals surface area contributed by atoms with E-state index in [0.29, 0.717) is 18.1 Å². The van der Waals surface area contributed by atoms with Crippen LogP contribution in [0.4, 0.5) is 0 Å². The number of hydrogen-bond donors (Lipinski definition) is 1. The SMILES string of the molecule is CC[C@@H](C)C(=O)N[C@H](C(=O)N1CCC[C@H]1CS(=O)CCc1ccccc1)C1CCCCC1. The van der Waals surface area contributed by atoms with Crippen LogP contribution in [0.3, 0.4) is 0 Å². The second-order valence-electron chi connectivity index (χ2n) is 9.57. The Hall–Kier alpha value is -1.69. The fourth-order valence-electron chi connectivity index (χ4n) is 4.98. The molecule has 2 amide bonds. The zero-order chi connectivity index (χ0) is 22.9. The van der Waals surface area contributed by atoms with Gasteiger partial charge in [0.15, 0.2) is 0 Å². The first-order valence-corrected chi connectivity index (χ1v) is 14.0. The Morgan fingerprint density at radius 2 is 1.81 bits per heavy atom. The molecular weight excluding hydrogens is 420 g/mol. The number of carbonyl (C=O) groups is 2. The van der Waals surface area contributed by atoms with Gasteiger partial charge in [-0.1, -0.05) is 63.4 Å². The van der Waals surface area contributed by atoms with Crippen LogP contribution in [0.15, 0.2) is 30.3 Å². The minimum Gasteiger partial charge on any atom is -0.344 e. The molecular formula is C26H40N2O3S. The van der Waals surface area contributed by atoms with E-state index in [2.05, 4.69) is 17.4 Å². The van der Waals surface area contributed by atoms with Crippen molar-refractivity contribution in [3.63, 3.8) is 0 Å². The van der Waals surface area contributed by atoms with E-state index in [0.717, 1.165) is 51.4 Å². The number of amides is 2. The van der Waals surface area contributed by atoms with Gasteiger partial charge < -0.3 is 10.2 Å². The van der Waals surface area contributed by atoms with Crippen LogP contribution < -0.4 is 5.32 Å². The highest BCUT2D eigenvalue weighted by atomic mass is 32.2. The third kappa shape index (κ3) is 6.90. The predicted molar refractivity (Wildman–Crippen MR) is 131 cm³/mol. The van der Waals surface area contributed by atoms with Crippen molar-refractivity contribution in [2.24, 2.45) is 11.8 Å². The van der Waals surface area contributed by atoms with E-state index < -0.39 is 16.8 Å². The summed E-state index contributed by atoms with van der Waals surface area (Å²) < 4.78 is 12.8. The average Bonchev–Trinajstić information content (AvgIpc) is 3.29. The van der Waals surface area contributed by atoms with Crippen molar-refractivity contribution in [2.75, 3.05) is 18.1 Å². The lowest BCUT2D eigenvalue weighted by Gasteiger charge is -2.35. The van der Waals surface area contributed by atoms with Gasteiger partial charge in [0.05, 0.1) is 0 Å². The van der Waals surface area contributed by atoms with Gasteiger partial charge in [-0.2, -0.15) is 0 Å². The molecule has 1 unspecified atom stereocenters. The van der Waals surface area contributed by atoms with Crippen molar-refractivity contribution >= 4 is 22.6 Å². The number of nitrogens with one attached hydrogen (secondary N) is 1. The minimum absolute atomic E-state index is 0.0152. The Labute approximate surface area is 196 Å². The molecule has 1 aromatic rings. The van der Waals surface area contributed by atoms with Gasteiger partial charge in [0.2, 0.25) is 11.8 Å². The van der Waals surface area contributed by atoms with Crippen molar-refractivity contribution < 1.29 is 13.8 Å². The highest BCUT2D eigenvalue weighted by Gasteiger charge is 2.38. The number of likely N-dealkylation sites (tertiary alicyclic amines) is 1. The van der Waals surface area contributed by atoms with E-state index in [-0.39, 0.29) is 29.7 Å². The lowest BCUT2D eigenvalue weighted by molar-refractivity contribution is -0.139. The van der Waals surface area contributed by atoms with E-state index in [9.17, 15) is 13.8 Å². The van der Waals surface area contributed by atoms with Gasteiger partial charge in [0.1, 0.15) is 6.04 Å². The molecule has 0 radical (unpaired) electrons. The molecule has 6 heteroatoms. The number of aryl methyl sites for hydroxylation is 1. The maximum Gasteiger partial charge on any atom is 0.245 e. The second-order valence-corrected chi connectivity index (χ2v) is 11.2. The predicted octanol–water partition coefficient (Wildman–Crippen LogP) is 4.08. The summed E-state index contributed by atoms with van der Waals surface area (Å²) in [5.41, 5.74) is 1.20. The van der Waals surface area contributed by atoms with Gasteiger partial charge in [-0.25, -0.2) is 0 Å². The summed E-state index contributed by atoms with van der Waals surface area (Å²) >= 11 is 0. The van der Waals surface area contributed by atoms with E-state index in [1.54, 1.807) is 0 Å². The first-order chi connectivity index (χ1) is 15.5. The molecule has 4 atom stereocenters. The number of nitrogens with zero attached hydrogens (tertiary/aromatic N) is 1. The highest BCUT2D eigenvalue weighted by Crippen LogP contribution is 2.29. The van der Waals surface area contributed by atoms with Crippen LogP contribution in [0, 0.1) is 11.8 Å². The van der Waals surface area contributed by atoms with E-state index in [4.69, 9.17) is 0 Å². The molecule has 178 valence electrons. The zero-order valence-electron chi connectivity index (χ0n) is 19.8. The van der Waals surface area contributed by atoms with Gasteiger partial charge in [0, 0.05) is 40.8 Å². The average molecular weight is 461 g/mol. The maximum atomic E-state index is 13.7. The van der Waals surface area contributed by atoms with Crippen molar-refractivity contribution in [1.29, 1.82) is 0 Å². The fraction of sp³-hybridized carbons (Fsp3) is 0.692. The third-order valence-corrected chi connectivity index (χ3v) is 8.66. The number of benzene rings is 1. The molecule has 2 aliphatic rings. The van der Waals surface area contributed by atoms with Crippen molar-refractivity contribution in [1.82, 2.24) is 10.2 Å². The molecule has 1 N–H and O–H groups in total. The second kappa shape index (κ2) is 12.5. The molecule has 5 nitrogen and oxygen atoms in total. The molecule has 0 aromatic heterocycles. The van der Waals surface area contributed by atoms with Crippen molar-refractivity contribution in [2.45, 2.75) is 83.7 Å². The molecule has 1 saturated heterocycles. The lowest BCUT2D eigenvalue weighted by atomic mass is 9.83. The van der Waals surface area contributed by atoms with Crippen LogP contribution in [0.2, 0.25) is 0 Å². The lowest BCUT2D eigenvalue weighted by Crippen LogP contribution is -2.55. The largest absolute Gasteiger partial charge is 0.344 e. The quantitative estimate of drug-likeness (QED) is 0.572. The molecule has 0 spiro atoms. The summed E-state index contributed by atoms with van der Waals surface area (Å²) in [6.07, 6.45) is 8.87. The first-order valence-electron chi connectivity index (χ1n) is 12.5. The maximum absolute atomic E-state index is 13.7. The summed E-state index contributed by atoms with van der Waals surface area (Å²) in [6.45, 7) is 4.64.